The Bertz CT molecular complexity index is 532. The Kier molecular flexibility index (Phi) is 3.45. The minimum atomic E-state index is 0.646. The molecule has 0 fully saturated rings. The lowest BCUT2D eigenvalue weighted by atomic mass is 10.0. The molecular formula is C14H11ClO2. The molecule has 0 spiro atoms. The normalized spacial score (nSPS) is 10.0. The molecule has 2 aromatic carbocycles. The van der Waals surface area contributed by atoms with Gasteiger partial charge < -0.3 is 4.74 Å². The molecule has 0 saturated carbocycles. The van der Waals surface area contributed by atoms with E-state index in [1.807, 2.05) is 24.3 Å². The van der Waals surface area contributed by atoms with E-state index < -0.39 is 0 Å². The molecule has 0 saturated heterocycles. The van der Waals surface area contributed by atoms with E-state index in [9.17, 15) is 4.79 Å². The van der Waals surface area contributed by atoms with Crippen molar-refractivity contribution in [2.75, 3.05) is 7.11 Å². The summed E-state index contributed by atoms with van der Waals surface area (Å²) in [4.78, 5) is 10.6. The van der Waals surface area contributed by atoms with Crippen LogP contribution in [0.5, 0.6) is 5.75 Å². The Morgan fingerprint density at radius 3 is 2.41 bits per heavy atom. The molecule has 2 rings (SSSR count). The van der Waals surface area contributed by atoms with Gasteiger partial charge in [-0.15, -0.1) is 0 Å². The van der Waals surface area contributed by atoms with Crippen LogP contribution in [0.1, 0.15) is 10.4 Å². The summed E-state index contributed by atoms with van der Waals surface area (Å²) in [5, 5.41) is 0.657. The molecule has 0 aliphatic rings. The standard InChI is InChI=1S/C14H11ClO2/c1-17-12-6-7-14(15)13(8-12)11-4-2-10(9-16)3-5-11/h2-9H,1H3. The third-order valence-electron chi connectivity index (χ3n) is 2.53. The van der Waals surface area contributed by atoms with Crippen molar-refractivity contribution in [2.24, 2.45) is 0 Å². The fraction of sp³-hybridized carbons (Fsp3) is 0.0714. The summed E-state index contributed by atoms with van der Waals surface area (Å²) in [6, 6.07) is 12.7. The number of rotatable bonds is 3. The lowest BCUT2D eigenvalue weighted by molar-refractivity contribution is 0.112. The van der Waals surface area contributed by atoms with Crippen molar-refractivity contribution in [1.29, 1.82) is 0 Å². The first kappa shape index (κ1) is 11.7. The molecule has 0 amide bonds. The van der Waals surface area contributed by atoms with Gasteiger partial charge in [-0.2, -0.15) is 0 Å². The van der Waals surface area contributed by atoms with Crippen LogP contribution in [0.3, 0.4) is 0 Å². The van der Waals surface area contributed by atoms with Gasteiger partial charge in [0.2, 0.25) is 0 Å². The van der Waals surface area contributed by atoms with Crippen molar-refractivity contribution in [3.8, 4) is 16.9 Å². The minimum absolute atomic E-state index is 0.646. The van der Waals surface area contributed by atoms with E-state index in [-0.39, 0.29) is 0 Å². The predicted octanol–water partition coefficient (Wildman–Crippen LogP) is 3.83. The number of carbonyl (C=O) groups excluding carboxylic acids is 1. The van der Waals surface area contributed by atoms with Crippen LogP contribution in [0.15, 0.2) is 42.5 Å². The van der Waals surface area contributed by atoms with E-state index in [0.29, 0.717) is 10.6 Å². The average Bonchev–Trinajstić information content (AvgIpc) is 2.39. The molecule has 86 valence electrons. The minimum Gasteiger partial charge on any atom is -0.497 e. The fourth-order valence-electron chi connectivity index (χ4n) is 1.59. The van der Waals surface area contributed by atoms with Gasteiger partial charge in [0.25, 0.3) is 0 Å². The van der Waals surface area contributed by atoms with E-state index in [0.717, 1.165) is 23.2 Å². The number of methoxy groups -OCH3 is 1. The molecule has 0 aliphatic heterocycles. The number of ether oxygens (including phenoxy) is 1. The summed E-state index contributed by atoms with van der Waals surface area (Å²) in [5.41, 5.74) is 2.50. The van der Waals surface area contributed by atoms with Crippen LogP contribution >= 0.6 is 11.6 Å². The van der Waals surface area contributed by atoms with Crippen molar-refractivity contribution in [3.63, 3.8) is 0 Å². The van der Waals surface area contributed by atoms with Crippen molar-refractivity contribution in [2.45, 2.75) is 0 Å². The summed E-state index contributed by atoms with van der Waals surface area (Å²) in [6.45, 7) is 0. The highest BCUT2D eigenvalue weighted by Gasteiger charge is 2.05. The molecule has 0 aromatic heterocycles. The second-order valence-corrected chi connectivity index (χ2v) is 3.99. The van der Waals surface area contributed by atoms with Crippen molar-refractivity contribution < 1.29 is 9.53 Å². The molecule has 0 heterocycles. The number of hydrogen-bond acceptors (Lipinski definition) is 2. The van der Waals surface area contributed by atoms with Gasteiger partial charge in [-0.25, -0.2) is 0 Å². The van der Waals surface area contributed by atoms with E-state index in [4.69, 9.17) is 16.3 Å². The lowest BCUT2D eigenvalue weighted by Crippen LogP contribution is -1.86. The Balaban J connectivity index is 2.47. The summed E-state index contributed by atoms with van der Waals surface area (Å²) in [7, 11) is 1.61. The molecule has 2 nitrogen and oxygen atoms in total. The summed E-state index contributed by atoms with van der Waals surface area (Å²) >= 11 is 6.14. The zero-order valence-corrected chi connectivity index (χ0v) is 10.1. The van der Waals surface area contributed by atoms with Crippen molar-refractivity contribution >= 4 is 17.9 Å². The summed E-state index contributed by atoms with van der Waals surface area (Å²) in [6.07, 6.45) is 0.816. The highest BCUT2D eigenvalue weighted by atomic mass is 35.5. The van der Waals surface area contributed by atoms with Crippen LogP contribution in [0.4, 0.5) is 0 Å². The van der Waals surface area contributed by atoms with Gasteiger partial charge in [0, 0.05) is 16.1 Å². The van der Waals surface area contributed by atoms with Crippen LogP contribution < -0.4 is 4.74 Å². The van der Waals surface area contributed by atoms with Gasteiger partial charge in [0.1, 0.15) is 12.0 Å². The van der Waals surface area contributed by atoms with Gasteiger partial charge in [0.05, 0.1) is 7.11 Å². The van der Waals surface area contributed by atoms with Gasteiger partial charge in [0.15, 0.2) is 0 Å². The zero-order valence-electron chi connectivity index (χ0n) is 9.31. The maximum atomic E-state index is 10.6. The Morgan fingerprint density at radius 1 is 1.12 bits per heavy atom. The number of benzene rings is 2. The van der Waals surface area contributed by atoms with E-state index in [1.165, 1.54) is 0 Å². The maximum Gasteiger partial charge on any atom is 0.150 e. The highest BCUT2D eigenvalue weighted by Crippen LogP contribution is 2.31. The molecule has 0 radical (unpaired) electrons. The zero-order chi connectivity index (χ0) is 12.3. The maximum absolute atomic E-state index is 10.6. The van der Waals surface area contributed by atoms with Gasteiger partial charge >= 0.3 is 0 Å². The van der Waals surface area contributed by atoms with Crippen LogP contribution in [0, 0.1) is 0 Å². The summed E-state index contributed by atoms with van der Waals surface area (Å²) < 4.78 is 5.16. The predicted molar refractivity (Wildman–Crippen MR) is 68.8 cm³/mol. The van der Waals surface area contributed by atoms with Crippen LogP contribution in [0.25, 0.3) is 11.1 Å². The topological polar surface area (TPSA) is 26.3 Å². The third kappa shape index (κ3) is 2.48. The second-order valence-electron chi connectivity index (χ2n) is 3.59. The first-order valence-corrected chi connectivity index (χ1v) is 5.51. The number of halogens is 1. The number of carbonyl (C=O) groups is 1. The quantitative estimate of drug-likeness (QED) is 0.770. The summed E-state index contributed by atoms with van der Waals surface area (Å²) in [5.74, 6) is 0.754. The Morgan fingerprint density at radius 2 is 1.82 bits per heavy atom. The van der Waals surface area contributed by atoms with Crippen LogP contribution in [-0.4, -0.2) is 13.4 Å². The lowest BCUT2D eigenvalue weighted by Gasteiger charge is -2.07. The Labute approximate surface area is 105 Å². The van der Waals surface area contributed by atoms with E-state index in [2.05, 4.69) is 0 Å². The van der Waals surface area contributed by atoms with Crippen molar-refractivity contribution in [3.05, 3.63) is 53.1 Å². The molecule has 0 bridgehead atoms. The second kappa shape index (κ2) is 5.02. The fourth-order valence-corrected chi connectivity index (χ4v) is 1.82. The Hall–Kier alpha value is -1.80. The monoisotopic (exact) mass is 246 g/mol. The van der Waals surface area contributed by atoms with E-state index in [1.54, 1.807) is 25.3 Å². The average molecular weight is 247 g/mol. The molecule has 2 aromatic rings. The van der Waals surface area contributed by atoms with E-state index >= 15 is 0 Å². The smallest absolute Gasteiger partial charge is 0.150 e. The molecule has 0 unspecified atom stereocenters. The first-order chi connectivity index (χ1) is 8.24. The SMILES string of the molecule is COc1ccc(Cl)c(-c2ccc(C=O)cc2)c1. The van der Waals surface area contributed by atoms with Crippen LogP contribution in [0.2, 0.25) is 5.02 Å². The molecular weight excluding hydrogens is 236 g/mol. The number of aldehydes is 1. The molecule has 17 heavy (non-hydrogen) atoms. The highest BCUT2D eigenvalue weighted by molar-refractivity contribution is 6.33. The van der Waals surface area contributed by atoms with Gasteiger partial charge in [-0.1, -0.05) is 35.9 Å². The third-order valence-corrected chi connectivity index (χ3v) is 2.86. The number of hydrogen-bond donors (Lipinski definition) is 0. The van der Waals surface area contributed by atoms with Crippen molar-refractivity contribution in [1.82, 2.24) is 0 Å². The van der Waals surface area contributed by atoms with Crippen LogP contribution in [-0.2, 0) is 0 Å². The van der Waals surface area contributed by atoms with Gasteiger partial charge in [-0.05, 0) is 23.8 Å². The first-order valence-electron chi connectivity index (χ1n) is 5.14. The largest absolute Gasteiger partial charge is 0.497 e. The molecule has 0 atom stereocenters. The molecule has 0 aliphatic carbocycles. The molecule has 0 N–H and O–H groups in total. The van der Waals surface area contributed by atoms with Gasteiger partial charge in [-0.3, -0.25) is 4.79 Å². The molecule has 3 heteroatoms.